The van der Waals surface area contributed by atoms with Gasteiger partial charge >= 0.3 is 0 Å². The summed E-state index contributed by atoms with van der Waals surface area (Å²) >= 11 is 0. The number of rotatable bonds is 2. The van der Waals surface area contributed by atoms with Crippen LogP contribution in [-0.2, 0) is 6.54 Å². The molecule has 0 aliphatic rings. The first-order valence-corrected chi connectivity index (χ1v) is 5.99. The minimum Gasteiger partial charge on any atom is -0.326 e. The summed E-state index contributed by atoms with van der Waals surface area (Å²) in [5, 5.41) is 0. The maximum atomic E-state index is 5.71. The van der Waals surface area contributed by atoms with E-state index in [1.54, 1.807) is 0 Å². The summed E-state index contributed by atoms with van der Waals surface area (Å²) in [6.07, 6.45) is 0. The highest BCUT2D eigenvalue weighted by atomic mass is 14.5. The Balaban J connectivity index is 2.59. The Morgan fingerprint density at radius 3 is 2.24 bits per heavy atom. The third kappa shape index (κ3) is 2.40. The van der Waals surface area contributed by atoms with Gasteiger partial charge in [-0.3, -0.25) is 0 Å². The largest absolute Gasteiger partial charge is 0.326 e. The van der Waals surface area contributed by atoms with Gasteiger partial charge in [-0.25, -0.2) is 0 Å². The van der Waals surface area contributed by atoms with Crippen molar-refractivity contribution in [2.75, 3.05) is 0 Å². The third-order valence-corrected chi connectivity index (χ3v) is 3.21. The van der Waals surface area contributed by atoms with Crippen molar-refractivity contribution in [2.24, 2.45) is 5.73 Å². The highest BCUT2D eigenvalue weighted by Crippen LogP contribution is 2.28. The smallest absolute Gasteiger partial charge is 0.0178 e. The molecule has 0 aliphatic carbocycles. The Bertz CT molecular complexity index is 541. The van der Waals surface area contributed by atoms with E-state index in [9.17, 15) is 0 Å². The molecule has 0 fully saturated rings. The molecular weight excluding hydrogens is 206 g/mol. The first-order valence-electron chi connectivity index (χ1n) is 5.99. The summed E-state index contributed by atoms with van der Waals surface area (Å²) in [4.78, 5) is 0. The van der Waals surface area contributed by atoms with E-state index >= 15 is 0 Å². The molecule has 88 valence electrons. The summed E-state index contributed by atoms with van der Waals surface area (Å²) in [5.74, 6) is 0. The molecule has 2 aromatic rings. The lowest BCUT2D eigenvalue weighted by Crippen LogP contribution is -1.97. The quantitative estimate of drug-likeness (QED) is 0.828. The van der Waals surface area contributed by atoms with Crippen molar-refractivity contribution in [3.05, 3.63) is 58.7 Å². The highest BCUT2D eigenvalue weighted by molar-refractivity contribution is 5.71. The first kappa shape index (κ1) is 11.9. The number of hydrogen-bond donors (Lipinski definition) is 1. The lowest BCUT2D eigenvalue weighted by Gasteiger charge is -2.11. The molecule has 0 amide bonds. The molecule has 2 aromatic carbocycles. The molecule has 17 heavy (non-hydrogen) atoms. The second kappa shape index (κ2) is 4.72. The molecular formula is C16H19N. The molecule has 0 aromatic heterocycles. The van der Waals surface area contributed by atoms with Crippen molar-refractivity contribution >= 4 is 0 Å². The SMILES string of the molecule is Cc1ccc(-c2cc(CN)ccc2C)c(C)c1. The van der Waals surface area contributed by atoms with Gasteiger partial charge in [-0.2, -0.15) is 0 Å². The van der Waals surface area contributed by atoms with E-state index in [4.69, 9.17) is 5.73 Å². The van der Waals surface area contributed by atoms with Gasteiger partial charge in [-0.15, -0.1) is 0 Å². The van der Waals surface area contributed by atoms with Crippen LogP contribution in [0.5, 0.6) is 0 Å². The minimum absolute atomic E-state index is 0.595. The summed E-state index contributed by atoms with van der Waals surface area (Å²) in [6, 6.07) is 13.0. The average molecular weight is 225 g/mol. The standard InChI is InChI=1S/C16H19N/c1-11-4-7-15(13(3)8-11)16-9-14(10-17)6-5-12(16)2/h4-9H,10,17H2,1-3H3. The number of aryl methyl sites for hydroxylation is 3. The van der Waals surface area contributed by atoms with Gasteiger partial charge in [0.25, 0.3) is 0 Å². The molecule has 0 atom stereocenters. The van der Waals surface area contributed by atoms with Crippen LogP contribution in [-0.4, -0.2) is 0 Å². The van der Waals surface area contributed by atoms with Crippen molar-refractivity contribution in [2.45, 2.75) is 27.3 Å². The maximum absolute atomic E-state index is 5.71. The summed E-state index contributed by atoms with van der Waals surface area (Å²) < 4.78 is 0. The Kier molecular flexibility index (Phi) is 3.30. The molecule has 2 rings (SSSR count). The predicted octanol–water partition coefficient (Wildman–Crippen LogP) is 3.74. The van der Waals surface area contributed by atoms with E-state index in [1.165, 1.54) is 33.4 Å². The summed E-state index contributed by atoms with van der Waals surface area (Å²) in [5.41, 5.74) is 13.4. The minimum atomic E-state index is 0.595. The zero-order valence-corrected chi connectivity index (χ0v) is 10.7. The van der Waals surface area contributed by atoms with Crippen LogP contribution in [0.4, 0.5) is 0 Å². The lowest BCUT2D eigenvalue weighted by molar-refractivity contribution is 1.07. The first-order chi connectivity index (χ1) is 8.11. The van der Waals surface area contributed by atoms with Gasteiger partial charge in [0.1, 0.15) is 0 Å². The van der Waals surface area contributed by atoms with Crippen molar-refractivity contribution in [3.8, 4) is 11.1 Å². The highest BCUT2D eigenvalue weighted by Gasteiger charge is 2.06. The maximum Gasteiger partial charge on any atom is 0.0178 e. The van der Waals surface area contributed by atoms with Crippen LogP contribution < -0.4 is 5.73 Å². The Morgan fingerprint density at radius 1 is 0.824 bits per heavy atom. The van der Waals surface area contributed by atoms with Gasteiger partial charge in [0, 0.05) is 6.54 Å². The fourth-order valence-corrected chi connectivity index (χ4v) is 2.20. The number of hydrogen-bond acceptors (Lipinski definition) is 1. The van der Waals surface area contributed by atoms with Gasteiger partial charge in [-0.1, -0.05) is 35.9 Å². The second-order valence-electron chi connectivity index (χ2n) is 4.67. The molecule has 1 nitrogen and oxygen atoms in total. The zero-order chi connectivity index (χ0) is 12.4. The van der Waals surface area contributed by atoms with E-state index in [-0.39, 0.29) is 0 Å². The van der Waals surface area contributed by atoms with E-state index < -0.39 is 0 Å². The Labute approximate surface area is 103 Å². The number of benzene rings is 2. The van der Waals surface area contributed by atoms with Gasteiger partial charge < -0.3 is 5.73 Å². The molecule has 1 heteroatoms. The van der Waals surface area contributed by atoms with Crippen LogP contribution >= 0.6 is 0 Å². The molecule has 0 saturated heterocycles. The topological polar surface area (TPSA) is 26.0 Å². The average Bonchev–Trinajstić information content (AvgIpc) is 2.30. The van der Waals surface area contributed by atoms with Crippen LogP contribution in [0.2, 0.25) is 0 Å². The van der Waals surface area contributed by atoms with Crippen molar-refractivity contribution < 1.29 is 0 Å². The lowest BCUT2D eigenvalue weighted by atomic mass is 9.94. The summed E-state index contributed by atoms with van der Waals surface area (Å²) in [7, 11) is 0. The van der Waals surface area contributed by atoms with Crippen LogP contribution in [0.3, 0.4) is 0 Å². The van der Waals surface area contributed by atoms with Crippen molar-refractivity contribution in [3.63, 3.8) is 0 Å². The van der Waals surface area contributed by atoms with Crippen LogP contribution in [0.15, 0.2) is 36.4 Å². The molecule has 0 bridgehead atoms. The molecule has 0 saturated carbocycles. The summed E-state index contributed by atoms with van der Waals surface area (Å²) in [6.45, 7) is 7.03. The van der Waals surface area contributed by atoms with Crippen molar-refractivity contribution in [1.82, 2.24) is 0 Å². The zero-order valence-electron chi connectivity index (χ0n) is 10.7. The normalized spacial score (nSPS) is 10.6. The number of nitrogens with two attached hydrogens (primary N) is 1. The Morgan fingerprint density at radius 2 is 1.59 bits per heavy atom. The molecule has 0 spiro atoms. The van der Waals surface area contributed by atoms with Crippen LogP contribution in [0, 0.1) is 20.8 Å². The van der Waals surface area contributed by atoms with Crippen molar-refractivity contribution in [1.29, 1.82) is 0 Å². The Hall–Kier alpha value is -1.60. The van der Waals surface area contributed by atoms with Crippen LogP contribution in [0.1, 0.15) is 22.3 Å². The molecule has 2 N–H and O–H groups in total. The monoisotopic (exact) mass is 225 g/mol. The van der Waals surface area contributed by atoms with Gasteiger partial charge in [0.2, 0.25) is 0 Å². The third-order valence-electron chi connectivity index (χ3n) is 3.21. The second-order valence-corrected chi connectivity index (χ2v) is 4.67. The van der Waals surface area contributed by atoms with E-state index in [0.717, 1.165) is 0 Å². The molecule has 0 heterocycles. The predicted molar refractivity (Wildman–Crippen MR) is 74.0 cm³/mol. The fraction of sp³-hybridized carbons (Fsp3) is 0.250. The van der Waals surface area contributed by atoms with E-state index in [2.05, 4.69) is 57.2 Å². The molecule has 0 radical (unpaired) electrons. The van der Waals surface area contributed by atoms with Crippen LogP contribution in [0.25, 0.3) is 11.1 Å². The van der Waals surface area contributed by atoms with E-state index in [1.807, 2.05) is 0 Å². The van der Waals surface area contributed by atoms with E-state index in [0.29, 0.717) is 6.54 Å². The molecule has 0 aliphatic heterocycles. The van der Waals surface area contributed by atoms with Gasteiger partial charge in [0.05, 0.1) is 0 Å². The fourth-order valence-electron chi connectivity index (χ4n) is 2.20. The van der Waals surface area contributed by atoms with Gasteiger partial charge in [-0.05, 0) is 54.7 Å². The molecule has 0 unspecified atom stereocenters. The van der Waals surface area contributed by atoms with Gasteiger partial charge in [0.15, 0.2) is 0 Å².